The maximum atomic E-state index is 5.92. The van der Waals surface area contributed by atoms with Crippen LogP contribution < -0.4 is 11.1 Å². The number of anilines is 1. The average molecular weight is 257 g/mol. The first kappa shape index (κ1) is 12.2. The normalized spacial score (nSPS) is 23.2. The lowest BCUT2D eigenvalue weighted by molar-refractivity contribution is 0.411. The largest absolute Gasteiger partial charge is 0.382 e. The first-order valence-corrected chi connectivity index (χ1v) is 6.80. The summed E-state index contributed by atoms with van der Waals surface area (Å²) in [7, 11) is 0. The van der Waals surface area contributed by atoms with Crippen molar-refractivity contribution in [3.05, 3.63) is 36.7 Å². The molecule has 1 aliphatic carbocycles. The molecule has 100 valence electrons. The highest BCUT2D eigenvalue weighted by molar-refractivity contribution is 5.48. The van der Waals surface area contributed by atoms with Crippen molar-refractivity contribution in [2.45, 2.75) is 37.8 Å². The minimum absolute atomic E-state index is 0.395. The van der Waals surface area contributed by atoms with Gasteiger partial charge in [0.2, 0.25) is 0 Å². The van der Waals surface area contributed by atoms with Crippen molar-refractivity contribution in [2.75, 3.05) is 5.32 Å². The predicted octanol–water partition coefficient (Wildman–Crippen LogP) is 1.95. The van der Waals surface area contributed by atoms with E-state index >= 15 is 0 Å². The molecule has 5 heteroatoms. The van der Waals surface area contributed by atoms with Gasteiger partial charge in [-0.05, 0) is 49.9 Å². The molecule has 0 amide bonds. The Morgan fingerprint density at radius 2 is 1.63 bits per heavy atom. The molecule has 0 radical (unpaired) electrons. The lowest BCUT2D eigenvalue weighted by Gasteiger charge is -2.27. The molecule has 2 aromatic rings. The minimum atomic E-state index is 0.395. The topological polar surface area (TPSA) is 68.8 Å². The second-order valence-corrected chi connectivity index (χ2v) is 5.12. The Kier molecular flexibility index (Phi) is 3.46. The highest BCUT2D eigenvalue weighted by Crippen LogP contribution is 2.21. The van der Waals surface area contributed by atoms with E-state index in [2.05, 4.69) is 27.6 Å². The van der Waals surface area contributed by atoms with Crippen LogP contribution in [0.2, 0.25) is 0 Å². The number of aromatic nitrogens is 3. The number of hydrogen-bond acceptors (Lipinski definition) is 4. The van der Waals surface area contributed by atoms with Crippen LogP contribution in [0.5, 0.6) is 0 Å². The summed E-state index contributed by atoms with van der Waals surface area (Å²) in [5, 5.41) is 11.8. The van der Waals surface area contributed by atoms with Gasteiger partial charge in [0.1, 0.15) is 0 Å². The summed E-state index contributed by atoms with van der Waals surface area (Å²) in [6.07, 6.45) is 7.90. The second kappa shape index (κ2) is 5.40. The summed E-state index contributed by atoms with van der Waals surface area (Å²) >= 11 is 0. The molecule has 3 rings (SSSR count). The van der Waals surface area contributed by atoms with Crippen LogP contribution in [0.3, 0.4) is 0 Å². The van der Waals surface area contributed by atoms with Gasteiger partial charge in [-0.3, -0.25) is 0 Å². The summed E-state index contributed by atoms with van der Waals surface area (Å²) in [4.78, 5) is 1.61. The van der Waals surface area contributed by atoms with Gasteiger partial charge in [0.25, 0.3) is 0 Å². The first-order valence-electron chi connectivity index (χ1n) is 6.80. The lowest BCUT2D eigenvalue weighted by atomic mass is 9.92. The highest BCUT2D eigenvalue weighted by Gasteiger charge is 2.17. The van der Waals surface area contributed by atoms with Crippen molar-refractivity contribution in [3.63, 3.8) is 0 Å². The number of nitrogens with one attached hydrogen (secondary N) is 1. The van der Waals surface area contributed by atoms with Gasteiger partial charge < -0.3 is 11.1 Å². The van der Waals surface area contributed by atoms with E-state index in [4.69, 9.17) is 5.73 Å². The van der Waals surface area contributed by atoms with Gasteiger partial charge in [0, 0.05) is 17.8 Å². The Morgan fingerprint density at radius 1 is 1.00 bits per heavy atom. The van der Waals surface area contributed by atoms with Crippen molar-refractivity contribution in [3.8, 4) is 5.69 Å². The number of hydrogen-bond donors (Lipinski definition) is 2. The molecular weight excluding hydrogens is 238 g/mol. The Bertz CT molecular complexity index is 497. The van der Waals surface area contributed by atoms with E-state index in [1.54, 1.807) is 17.2 Å². The fourth-order valence-corrected chi connectivity index (χ4v) is 2.54. The molecular formula is C14H19N5. The Hall–Kier alpha value is -1.88. The van der Waals surface area contributed by atoms with Gasteiger partial charge in [0.15, 0.2) is 0 Å². The van der Waals surface area contributed by atoms with Crippen LogP contribution >= 0.6 is 0 Å². The quantitative estimate of drug-likeness (QED) is 0.881. The number of rotatable bonds is 3. The Morgan fingerprint density at radius 3 is 2.26 bits per heavy atom. The smallest absolute Gasteiger partial charge is 0.0858 e. The molecule has 1 aliphatic rings. The Balaban J connectivity index is 1.63. The second-order valence-electron chi connectivity index (χ2n) is 5.12. The maximum absolute atomic E-state index is 5.92. The van der Waals surface area contributed by atoms with E-state index in [9.17, 15) is 0 Å². The van der Waals surface area contributed by atoms with Crippen LogP contribution in [-0.2, 0) is 0 Å². The fourth-order valence-electron chi connectivity index (χ4n) is 2.54. The van der Waals surface area contributed by atoms with Gasteiger partial charge in [-0.2, -0.15) is 15.0 Å². The van der Waals surface area contributed by atoms with Crippen LogP contribution in [0, 0.1) is 0 Å². The van der Waals surface area contributed by atoms with Crippen molar-refractivity contribution in [1.29, 1.82) is 0 Å². The SMILES string of the molecule is NC1CCC(Nc2ccc(-n3nccn3)cc2)CC1. The van der Waals surface area contributed by atoms with Crippen LogP contribution in [0.4, 0.5) is 5.69 Å². The monoisotopic (exact) mass is 257 g/mol. The molecule has 0 spiro atoms. The summed E-state index contributed by atoms with van der Waals surface area (Å²) in [6, 6.07) is 9.15. The first-order chi connectivity index (χ1) is 9.31. The van der Waals surface area contributed by atoms with Crippen molar-refractivity contribution >= 4 is 5.69 Å². The predicted molar refractivity (Wildman–Crippen MR) is 75.2 cm³/mol. The van der Waals surface area contributed by atoms with E-state index < -0.39 is 0 Å². The molecule has 1 aromatic carbocycles. The van der Waals surface area contributed by atoms with Crippen LogP contribution in [0.15, 0.2) is 36.7 Å². The van der Waals surface area contributed by atoms with Crippen molar-refractivity contribution in [2.24, 2.45) is 5.73 Å². The van der Waals surface area contributed by atoms with E-state index in [0.717, 1.165) is 37.1 Å². The Labute approximate surface area is 112 Å². The molecule has 0 saturated heterocycles. The molecule has 0 aliphatic heterocycles. The maximum Gasteiger partial charge on any atom is 0.0858 e. The van der Waals surface area contributed by atoms with E-state index in [0.29, 0.717) is 12.1 Å². The summed E-state index contributed by atoms with van der Waals surface area (Å²) < 4.78 is 0. The summed E-state index contributed by atoms with van der Waals surface area (Å²) in [6.45, 7) is 0. The average Bonchev–Trinajstić information content (AvgIpc) is 2.96. The molecule has 0 atom stereocenters. The molecule has 5 nitrogen and oxygen atoms in total. The van der Waals surface area contributed by atoms with Gasteiger partial charge in [-0.15, -0.1) is 0 Å². The van der Waals surface area contributed by atoms with E-state index in [-0.39, 0.29) is 0 Å². The van der Waals surface area contributed by atoms with Gasteiger partial charge >= 0.3 is 0 Å². The zero-order valence-corrected chi connectivity index (χ0v) is 10.9. The molecule has 0 bridgehead atoms. The molecule has 0 unspecified atom stereocenters. The third-order valence-corrected chi connectivity index (χ3v) is 3.66. The fraction of sp³-hybridized carbons (Fsp3) is 0.429. The van der Waals surface area contributed by atoms with Crippen LogP contribution in [-0.4, -0.2) is 27.1 Å². The molecule has 1 heterocycles. The third-order valence-electron chi connectivity index (χ3n) is 3.66. The zero-order valence-electron chi connectivity index (χ0n) is 10.9. The van der Waals surface area contributed by atoms with E-state index in [1.165, 1.54) is 0 Å². The van der Waals surface area contributed by atoms with Crippen molar-refractivity contribution in [1.82, 2.24) is 15.0 Å². The lowest BCUT2D eigenvalue weighted by Crippen LogP contribution is -2.32. The van der Waals surface area contributed by atoms with Crippen molar-refractivity contribution < 1.29 is 0 Å². The molecule has 1 fully saturated rings. The molecule has 3 N–H and O–H groups in total. The summed E-state index contributed by atoms with van der Waals surface area (Å²) in [5.74, 6) is 0. The summed E-state index contributed by atoms with van der Waals surface area (Å²) in [5.41, 5.74) is 8.04. The van der Waals surface area contributed by atoms with Gasteiger partial charge in [-0.1, -0.05) is 0 Å². The molecule has 19 heavy (non-hydrogen) atoms. The van der Waals surface area contributed by atoms with Crippen LogP contribution in [0.25, 0.3) is 5.69 Å². The number of nitrogens with two attached hydrogens (primary N) is 1. The number of nitrogens with zero attached hydrogens (tertiary/aromatic N) is 3. The highest BCUT2D eigenvalue weighted by atomic mass is 15.5. The number of benzene rings is 1. The van der Waals surface area contributed by atoms with E-state index in [1.807, 2.05) is 12.1 Å². The zero-order chi connectivity index (χ0) is 13.1. The standard InChI is InChI=1S/C14H19N5/c15-11-1-3-12(4-2-11)18-13-5-7-14(8-6-13)19-16-9-10-17-19/h5-12,18H,1-4,15H2. The van der Waals surface area contributed by atoms with Gasteiger partial charge in [-0.25, -0.2) is 0 Å². The van der Waals surface area contributed by atoms with Gasteiger partial charge in [0.05, 0.1) is 18.1 Å². The third kappa shape index (κ3) is 2.93. The van der Waals surface area contributed by atoms with Crippen LogP contribution in [0.1, 0.15) is 25.7 Å². The molecule has 1 saturated carbocycles. The minimum Gasteiger partial charge on any atom is -0.382 e. The molecule has 1 aromatic heterocycles.